The van der Waals surface area contributed by atoms with Crippen LogP contribution in [0.15, 0.2) is 47.5 Å². The van der Waals surface area contributed by atoms with Gasteiger partial charge in [0.2, 0.25) is 5.91 Å². The number of carbonyl (C=O) groups is 3. The second-order valence-electron chi connectivity index (χ2n) is 9.58. The molecular weight excluding hydrogens is 460 g/mol. The van der Waals surface area contributed by atoms with Gasteiger partial charge in [-0.2, -0.15) is 0 Å². The summed E-state index contributed by atoms with van der Waals surface area (Å²) in [6, 6.07) is 9.18. The number of piperidine rings is 1. The van der Waals surface area contributed by atoms with Gasteiger partial charge in [-0.1, -0.05) is 12.1 Å². The minimum absolute atomic E-state index is 0.0354. The molecule has 2 aliphatic rings. The molecule has 1 aromatic carbocycles. The van der Waals surface area contributed by atoms with Gasteiger partial charge in [0.25, 0.3) is 17.4 Å². The Kier molecular flexibility index (Phi) is 6.36. The second-order valence-corrected chi connectivity index (χ2v) is 9.58. The molecule has 0 spiro atoms. The van der Waals surface area contributed by atoms with Crippen molar-refractivity contribution in [3.8, 4) is 0 Å². The molecule has 36 heavy (non-hydrogen) atoms. The quantitative estimate of drug-likeness (QED) is 0.366. The second kappa shape index (κ2) is 9.62. The van der Waals surface area contributed by atoms with E-state index in [1.165, 1.54) is 30.8 Å². The van der Waals surface area contributed by atoms with Gasteiger partial charge in [-0.25, -0.2) is 0 Å². The lowest BCUT2D eigenvalue weighted by Gasteiger charge is -2.20. The van der Waals surface area contributed by atoms with E-state index in [-0.39, 0.29) is 35.5 Å². The number of nitrogens with zero attached hydrogens (tertiary/aromatic N) is 2. The first-order valence-corrected chi connectivity index (χ1v) is 12.1. The van der Waals surface area contributed by atoms with Gasteiger partial charge in [0.1, 0.15) is 5.56 Å². The molecular formula is C26H30N6O4. The van der Waals surface area contributed by atoms with Gasteiger partial charge < -0.3 is 30.4 Å². The number of hydrogen-bond donors (Lipinski definition) is 4. The maximum atomic E-state index is 13.2. The molecule has 3 heterocycles. The molecule has 1 aliphatic heterocycles. The molecule has 0 bridgehead atoms. The zero-order valence-corrected chi connectivity index (χ0v) is 20.3. The lowest BCUT2D eigenvalue weighted by Crippen LogP contribution is -2.39. The Morgan fingerprint density at radius 3 is 2.61 bits per heavy atom. The molecule has 1 aliphatic carbocycles. The molecule has 0 unspecified atom stereocenters. The predicted molar refractivity (Wildman–Crippen MR) is 135 cm³/mol. The van der Waals surface area contributed by atoms with E-state index in [0.717, 1.165) is 36.1 Å². The van der Waals surface area contributed by atoms with Crippen molar-refractivity contribution in [3.63, 3.8) is 0 Å². The summed E-state index contributed by atoms with van der Waals surface area (Å²) < 4.78 is 1.43. The number of pyridine rings is 1. The van der Waals surface area contributed by atoms with Crippen LogP contribution in [0.3, 0.4) is 0 Å². The highest BCUT2D eigenvalue weighted by molar-refractivity contribution is 5.99. The number of fused-ring (bicyclic) bond motifs is 2. The number of carbonyl (C=O) groups excluding carboxylic acids is 3. The van der Waals surface area contributed by atoms with Crippen LogP contribution in [0.4, 0.5) is 0 Å². The third kappa shape index (κ3) is 4.64. The number of rotatable bonds is 8. The normalized spacial score (nSPS) is 20.7. The zero-order chi connectivity index (χ0) is 25.4. The molecule has 2 fully saturated rings. The number of aromatic amines is 1. The van der Waals surface area contributed by atoms with E-state index in [4.69, 9.17) is 0 Å². The number of amides is 3. The molecule has 10 nitrogen and oxygen atoms in total. The van der Waals surface area contributed by atoms with Crippen LogP contribution in [0, 0.1) is 11.8 Å². The van der Waals surface area contributed by atoms with Crippen LogP contribution in [-0.4, -0.2) is 71.4 Å². The number of likely N-dealkylation sites (tertiary alicyclic amines) is 1. The standard InChI is InChI=1S/C26H30N6O4/c1-15(33)28-8-9-31-13-20-21(14-31)23(20)30-24(34)17-10-19(25(35)27-2)26(36)32(12-17)11-16-4-3-5-22-18(16)6-7-29-22/h3-7,10,12,20-21,23,29H,8-9,11,13-14H2,1-2H3,(H,27,35)(H,28,33)(H,30,34)/t20-,21+,23+. The monoisotopic (exact) mass is 490 g/mol. The Balaban J connectivity index is 1.31. The van der Waals surface area contributed by atoms with Crippen LogP contribution >= 0.6 is 0 Å². The van der Waals surface area contributed by atoms with E-state index in [1.807, 2.05) is 30.5 Å². The summed E-state index contributed by atoms with van der Waals surface area (Å²) in [5.41, 5.74) is 1.63. The molecule has 188 valence electrons. The number of hydrogen-bond acceptors (Lipinski definition) is 5. The fraction of sp³-hybridized carbons (Fsp3) is 0.385. The molecule has 0 radical (unpaired) electrons. The van der Waals surface area contributed by atoms with Crippen molar-refractivity contribution in [3.05, 3.63) is 69.8 Å². The molecule has 5 rings (SSSR count). The highest BCUT2D eigenvalue weighted by atomic mass is 16.2. The molecule has 4 N–H and O–H groups in total. The first-order valence-electron chi connectivity index (χ1n) is 12.1. The smallest absolute Gasteiger partial charge is 0.263 e. The van der Waals surface area contributed by atoms with Crippen LogP contribution in [0.2, 0.25) is 0 Å². The van der Waals surface area contributed by atoms with E-state index in [2.05, 4.69) is 25.8 Å². The first-order chi connectivity index (χ1) is 17.4. The third-order valence-corrected chi connectivity index (χ3v) is 7.22. The van der Waals surface area contributed by atoms with Gasteiger partial charge in [-0.05, 0) is 35.6 Å². The number of benzene rings is 1. The summed E-state index contributed by atoms with van der Waals surface area (Å²) in [5.74, 6) is -0.102. The molecule has 1 saturated heterocycles. The van der Waals surface area contributed by atoms with E-state index in [1.54, 1.807) is 0 Å². The lowest BCUT2D eigenvalue weighted by atomic mass is 10.1. The molecule has 1 saturated carbocycles. The SMILES string of the molecule is CNC(=O)c1cc(C(=O)N[C@H]2[C@@H]3CN(CCNC(C)=O)C[C@@H]32)cn(Cc2cccc3[nH]ccc23)c1=O. The Labute approximate surface area is 208 Å². The number of H-pyrrole nitrogens is 1. The fourth-order valence-electron chi connectivity index (χ4n) is 5.28. The molecule has 2 aromatic heterocycles. The van der Waals surface area contributed by atoms with Gasteiger partial charge in [0.15, 0.2) is 0 Å². The summed E-state index contributed by atoms with van der Waals surface area (Å²) in [6.45, 7) is 4.90. The minimum Gasteiger partial charge on any atom is -0.361 e. The van der Waals surface area contributed by atoms with Gasteiger partial charge in [-0.3, -0.25) is 19.2 Å². The Hall–Kier alpha value is -3.92. The van der Waals surface area contributed by atoms with Gasteiger partial charge in [-0.15, -0.1) is 0 Å². The first kappa shape index (κ1) is 23.8. The summed E-state index contributed by atoms with van der Waals surface area (Å²) in [7, 11) is 1.46. The number of aromatic nitrogens is 2. The zero-order valence-electron chi connectivity index (χ0n) is 20.3. The third-order valence-electron chi connectivity index (χ3n) is 7.22. The van der Waals surface area contributed by atoms with E-state index >= 15 is 0 Å². The largest absolute Gasteiger partial charge is 0.361 e. The highest BCUT2D eigenvalue weighted by Gasteiger charge is 2.56. The van der Waals surface area contributed by atoms with E-state index in [9.17, 15) is 19.2 Å². The summed E-state index contributed by atoms with van der Waals surface area (Å²) >= 11 is 0. The average Bonchev–Trinajstić information content (AvgIpc) is 3.23. The molecule has 10 heteroatoms. The van der Waals surface area contributed by atoms with Crippen molar-refractivity contribution >= 4 is 28.6 Å². The summed E-state index contributed by atoms with van der Waals surface area (Å²) in [6.07, 6.45) is 3.37. The molecule has 3 amide bonds. The van der Waals surface area contributed by atoms with Crippen molar-refractivity contribution in [1.82, 2.24) is 30.4 Å². The fourth-order valence-corrected chi connectivity index (χ4v) is 5.28. The summed E-state index contributed by atoms with van der Waals surface area (Å²) in [4.78, 5) is 55.2. The van der Waals surface area contributed by atoms with Crippen LogP contribution in [0.1, 0.15) is 33.2 Å². The van der Waals surface area contributed by atoms with Crippen LogP contribution in [-0.2, 0) is 11.3 Å². The summed E-state index contributed by atoms with van der Waals surface area (Å²) in [5, 5.41) is 9.39. The van der Waals surface area contributed by atoms with Gasteiger partial charge >= 0.3 is 0 Å². The number of nitrogens with one attached hydrogen (secondary N) is 4. The molecule has 3 aromatic rings. The lowest BCUT2D eigenvalue weighted by molar-refractivity contribution is -0.119. The highest BCUT2D eigenvalue weighted by Crippen LogP contribution is 2.45. The van der Waals surface area contributed by atoms with Crippen molar-refractivity contribution in [2.45, 2.75) is 19.5 Å². The van der Waals surface area contributed by atoms with Crippen molar-refractivity contribution in [1.29, 1.82) is 0 Å². The molecule has 3 atom stereocenters. The Morgan fingerprint density at radius 2 is 1.89 bits per heavy atom. The Morgan fingerprint density at radius 1 is 1.11 bits per heavy atom. The van der Waals surface area contributed by atoms with Gasteiger partial charge in [0, 0.05) is 69.5 Å². The van der Waals surface area contributed by atoms with Crippen LogP contribution < -0.4 is 21.5 Å². The van der Waals surface area contributed by atoms with Crippen LogP contribution in [0.5, 0.6) is 0 Å². The van der Waals surface area contributed by atoms with E-state index < -0.39 is 11.5 Å². The maximum absolute atomic E-state index is 13.2. The maximum Gasteiger partial charge on any atom is 0.263 e. The topological polar surface area (TPSA) is 128 Å². The average molecular weight is 491 g/mol. The van der Waals surface area contributed by atoms with Crippen LogP contribution in [0.25, 0.3) is 10.9 Å². The van der Waals surface area contributed by atoms with Crippen molar-refractivity contribution in [2.75, 3.05) is 33.2 Å². The van der Waals surface area contributed by atoms with Crippen molar-refractivity contribution < 1.29 is 14.4 Å². The van der Waals surface area contributed by atoms with E-state index in [0.29, 0.717) is 18.4 Å². The van der Waals surface area contributed by atoms with Gasteiger partial charge in [0.05, 0.1) is 12.1 Å². The Bertz CT molecular complexity index is 1380. The predicted octanol–water partition coefficient (Wildman–Crippen LogP) is 0.534. The minimum atomic E-state index is -0.527. The van der Waals surface area contributed by atoms with Crippen molar-refractivity contribution in [2.24, 2.45) is 11.8 Å².